The highest BCUT2D eigenvalue weighted by Gasteiger charge is 2.24. The maximum atomic E-state index is 12.8. The number of hydrogen-bond donors (Lipinski definition) is 0. The number of fused-ring (bicyclic) bond motifs is 1. The van der Waals surface area contributed by atoms with E-state index in [2.05, 4.69) is 41.9 Å². The molecule has 1 amide bonds. The van der Waals surface area contributed by atoms with Crippen molar-refractivity contribution >= 4 is 17.2 Å². The van der Waals surface area contributed by atoms with Crippen molar-refractivity contribution in [2.24, 2.45) is 0 Å². The van der Waals surface area contributed by atoms with Crippen molar-refractivity contribution in [3.05, 3.63) is 65.6 Å². The van der Waals surface area contributed by atoms with Gasteiger partial charge in [0.05, 0.1) is 0 Å². The number of pyridine rings is 1. The summed E-state index contributed by atoms with van der Waals surface area (Å²) in [6.07, 6.45) is 3.73. The Kier molecular flexibility index (Phi) is 3.92. The molecule has 0 bridgehead atoms. The molecule has 0 aliphatic carbocycles. The molecule has 25 heavy (non-hydrogen) atoms. The van der Waals surface area contributed by atoms with Gasteiger partial charge in [-0.25, -0.2) is 4.98 Å². The van der Waals surface area contributed by atoms with E-state index in [9.17, 15) is 4.79 Å². The summed E-state index contributed by atoms with van der Waals surface area (Å²) in [5, 5.41) is 0. The zero-order valence-corrected chi connectivity index (χ0v) is 14.6. The van der Waals surface area contributed by atoms with Crippen LogP contribution in [-0.4, -0.2) is 46.4 Å². The third-order valence-electron chi connectivity index (χ3n) is 5.07. The largest absolute Gasteiger partial charge is 0.368 e. The average Bonchev–Trinajstić information content (AvgIpc) is 3.08. The molecule has 3 heterocycles. The van der Waals surface area contributed by atoms with Crippen LogP contribution >= 0.6 is 0 Å². The highest BCUT2D eigenvalue weighted by atomic mass is 16.2. The maximum absolute atomic E-state index is 12.8. The van der Waals surface area contributed by atoms with Gasteiger partial charge in [0.2, 0.25) is 0 Å². The number of amides is 1. The van der Waals surface area contributed by atoms with Crippen molar-refractivity contribution in [2.45, 2.75) is 13.8 Å². The van der Waals surface area contributed by atoms with E-state index in [1.807, 2.05) is 39.9 Å². The molecule has 1 aromatic carbocycles. The summed E-state index contributed by atoms with van der Waals surface area (Å²) in [7, 11) is 0. The second-order valence-electron chi connectivity index (χ2n) is 6.59. The van der Waals surface area contributed by atoms with E-state index in [0.29, 0.717) is 5.69 Å². The van der Waals surface area contributed by atoms with Crippen LogP contribution in [0.1, 0.15) is 21.6 Å². The van der Waals surface area contributed by atoms with Crippen molar-refractivity contribution in [3.8, 4) is 0 Å². The summed E-state index contributed by atoms with van der Waals surface area (Å²) in [5.74, 6) is 0.0179. The Labute approximate surface area is 147 Å². The van der Waals surface area contributed by atoms with Gasteiger partial charge in [-0.1, -0.05) is 18.2 Å². The minimum atomic E-state index is 0.0179. The van der Waals surface area contributed by atoms with Gasteiger partial charge in [-0.05, 0) is 43.2 Å². The molecule has 1 fully saturated rings. The molecule has 4 rings (SSSR count). The van der Waals surface area contributed by atoms with Gasteiger partial charge >= 0.3 is 0 Å². The van der Waals surface area contributed by atoms with Crippen molar-refractivity contribution < 1.29 is 4.79 Å². The molecular formula is C20H22N4O. The molecule has 1 aliphatic rings. The summed E-state index contributed by atoms with van der Waals surface area (Å²) in [4.78, 5) is 21.5. The monoisotopic (exact) mass is 334 g/mol. The van der Waals surface area contributed by atoms with Crippen LogP contribution in [0.15, 0.2) is 48.8 Å². The Bertz CT molecular complexity index is 889. The summed E-state index contributed by atoms with van der Waals surface area (Å²) < 4.78 is 1.89. The SMILES string of the molecule is Cc1cccc(N2CCN(C(=O)c3cn4ccccc4n3)CC2)c1C. The highest BCUT2D eigenvalue weighted by molar-refractivity contribution is 5.93. The molecular weight excluding hydrogens is 312 g/mol. The molecule has 5 nitrogen and oxygen atoms in total. The number of nitrogens with zero attached hydrogens (tertiary/aromatic N) is 4. The average molecular weight is 334 g/mol. The van der Waals surface area contributed by atoms with E-state index >= 15 is 0 Å². The van der Waals surface area contributed by atoms with Gasteiger partial charge in [0.1, 0.15) is 11.3 Å². The minimum Gasteiger partial charge on any atom is -0.368 e. The first-order chi connectivity index (χ1) is 12.1. The van der Waals surface area contributed by atoms with E-state index in [4.69, 9.17) is 0 Å². The molecule has 1 aliphatic heterocycles. The molecule has 3 aromatic rings. The number of imidazole rings is 1. The first kappa shape index (κ1) is 15.7. The predicted octanol–water partition coefficient (Wildman–Crippen LogP) is 2.91. The van der Waals surface area contributed by atoms with Crippen LogP contribution in [-0.2, 0) is 0 Å². The molecule has 5 heteroatoms. The number of carbonyl (C=O) groups excluding carboxylic acids is 1. The number of aromatic nitrogens is 2. The molecule has 0 radical (unpaired) electrons. The molecule has 0 atom stereocenters. The van der Waals surface area contributed by atoms with Gasteiger partial charge in [-0.3, -0.25) is 4.79 Å². The van der Waals surface area contributed by atoms with E-state index in [0.717, 1.165) is 31.8 Å². The van der Waals surface area contributed by atoms with Gasteiger partial charge < -0.3 is 14.2 Å². The van der Waals surface area contributed by atoms with Crippen LogP contribution in [0.25, 0.3) is 5.65 Å². The Morgan fingerprint density at radius 2 is 1.80 bits per heavy atom. The molecule has 128 valence electrons. The smallest absolute Gasteiger partial charge is 0.274 e. The zero-order valence-electron chi connectivity index (χ0n) is 14.6. The molecule has 0 N–H and O–H groups in total. The van der Waals surface area contributed by atoms with Gasteiger partial charge in [-0.15, -0.1) is 0 Å². The predicted molar refractivity (Wildman–Crippen MR) is 99.2 cm³/mol. The van der Waals surface area contributed by atoms with Crippen molar-refractivity contribution in [3.63, 3.8) is 0 Å². The number of anilines is 1. The standard InChI is InChI=1S/C20H22N4O/c1-15-6-5-7-18(16(15)2)22-10-12-23(13-11-22)20(25)17-14-24-9-4-3-8-19(24)21-17/h3-9,14H,10-13H2,1-2H3. The fraction of sp³-hybridized carbons (Fsp3) is 0.300. The van der Waals surface area contributed by atoms with E-state index < -0.39 is 0 Å². The van der Waals surface area contributed by atoms with Crippen molar-refractivity contribution in [1.29, 1.82) is 0 Å². The third kappa shape index (κ3) is 2.86. The van der Waals surface area contributed by atoms with Crippen molar-refractivity contribution in [2.75, 3.05) is 31.1 Å². The summed E-state index contributed by atoms with van der Waals surface area (Å²) >= 11 is 0. The highest BCUT2D eigenvalue weighted by Crippen LogP contribution is 2.24. The number of piperazine rings is 1. The summed E-state index contributed by atoms with van der Waals surface area (Å²) in [6.45, 7) is 7.45. The van der Waals surface area contributed by atoms with E-state index in [1.165, 1.54) is 16.8 Å². The second-order valence-corrected chi connectivity index (χ2v) is 6.59. The van der Waals surface area contributed by atoms with E-state index in [1.54, 1.807) is 0 Å². The van der Waals surface area contributed by atoms with Crippen LogP contribution in [0.2, 0.25) is 0 Å². The van der Waals surface area contributed by atoms with Gasteiger partial charge in [0, 0.05) is 44.3 Å². The van der Waals surface area contributed by atoms with Crippen LogP contribution < -0.4 is 4.90 Å². The van der Waals surface area contributed by atoms with Crippen LogP contribution in [0, 0.1) is 13.8 Å². The number of carbonyl (C=O) groups is 1. The summed E-state index contributed by atoms with van der Waals surface area (Å²) in [6, 6.07) is 12.2. The first-order valence-electron chi connectivity index (χ1n) is 8.67. The zero-order chi connectivity index (χ0) is 17.4. The lowest BCUT2D eigenvalue weighted by atomic mass is 10.1. The second kappa shape index (κ2) is 6.24. The number of benzene rings is 1. The Hall–Kier alpha value is -2.82. The molecule has 2 aromatic heterocycles. The fourth-order valence-corrected chi connectivity index (χ4v) is 3.43. The Balaban J connectivity index is 1.48. The van der Waals surface area contributed by atoms with E-state index in [-0.39, 0.29) is 5.91 Å². The van der Waals surface area contributed by atoms with Crippen LogP contribution in [0.4, 0.5) is 5.69 Å². The topological polar surface area (TPSA) is 40.9 Å². The van der Waals surface area contributed by atoms with Gasteiger partial charge in [0.25, 0.3) is 5.91 Å². The van der Waals surface area contributed by atoms with Crippen molar-refractivity contribution in [1.82, 2.24) is 14.3 Å². The molecule has 0 saturated carbocycles. The Morgan fingerprint density at radius 1 is 1.00 bits per heavy atom. The molecule has 0 spiro atoms. The lowest BCUT2D eigenvalue weighted by molar-refractivity contribution is 0.0741. The maximum Gasteiger partial charge on any atom is 0.274 e. The lowest BCUT2D eigenvalue weighted by Gasteiger charge is -2.36. The number of aryl methyl sites for hydroxylation is 1. The third-order valence-corrected chi connectivity index (χ3v) is 5.07. The first-order valence-corrected chi connectivity index (χ1v) is 8.67. The summed E-state index contributed by atoms with van der Waals surface area (Å²) in [5.41, 5.74) is 5.23. The quantitative estimate of drug-likeness (QED) is 0.723. The number of hydrogen-bond acceptors (Lipinski definition) is 3. The van der Waals surface area contributed by atoms with Gasteiger partial charge in [-0.2, -0.15) is 0 Å². The van der Waals surface area contributed by atoms with Crippen LogP contribution in [0.3, 0.4) is 0 Å². The molecule has 0 unspecified atom stereocenters. The minimum absolute atomic E-state index is 0.0179. The lowest BCUT2D eigenvalue weighted by Crippen LogP contribution is -2.49. The molecule has 1 saturated heterocycles. The Morgan fingerprint density at radius 3 is 2.56 bits per heavy atom. The number of rotatable bonds is 2. The fourth-order valence-electron chi connectivity index (χ4n) is 3.43. The normalized spacial score (nSPS) is 15.0. The van der Waals surface area contributed by atoms with Gasteiger partial charge in [0.15, 0.2) is 0 Å². The van der Waals surface area contributed by atoms with Crippen LogP contribution in [0.5, 0.6) is 0 Å².